The minimum absolute atomic E-state index is 0.103. The number of hydrogen-bond acceptors (Lipinski definition) is 9. The molecule has 1 saturated heterocycles. The number of thioether (sulfide) groups is 1. The van der Waals surface area contributed by atoms with Crippen molar-refractivity contribution < 1.29 is 29.6 Å². The average Bonchev–Trinajstić information content (AvgIpc) is 3.39. The van der Waals surface area contributed by atoms with Crippen LogP contribution in [0.5, 0.6) is 0 Å². The highest BCUT2D eigenvalue weighted by Gasteiger charge is 2.44. The Morgan fingerprint density at radius 2 is 2.00 bits per heavy atom. The van der Waals surface area contributed by atoms with Crippen molar-refractivity contribution in [1.29, 1.82) is 0 Å². The van der Waals surface area contributed by atoms with Crippen LogP contribution >= 0.6 is 11.8 Å². The van der Waals surface area contributed by atoms with E-state index in [9.17, 15) is 24.9 Å². The van der Waals surface area contributed by atoms with Crippen molar-refractivity contribution in [2.24, 2.45) is 0 Å². The van der Waals surface area contributed by atoms with Gasteiger partial charge in [0, 0.05) is 12.2 Å². The average molecular weight is 500 g/mol. The summed E-state index contributed by atoms with van der Waals surface area (Å²) in [7, 11) is 0. The quantitative estimate of drug-likeness (QED) is 0.208. The Kier molecular flexibility index (Phi) is 12.8. The number of aliphatic hydroxyl groups is 3. The van der Waals surface area contributed by atoms with Crippen LogP contribution in [0.2, 0.25) is 0 Å². The number of ether oxygens (including phenoxy) is 1. The van der Waals surface area contributed by atoms with E-state index in [2.05, 4.69) is 34.8 Å². The minimum atomic E-state index is -1.31. The Bertz CT molecular complexity index is 751. The van der Waals surface area contributed by atoms with E-state index in [0.717, 1.165) is 23.9 Å². The van der Waals surface area contributed by atoms with Gasteiger partial charge in [-0.1, -0.05) is 44.2 Å². The first kappa shape index (κ1) is 28.5. The van der Waals surface area contributed by atoms with Gasteiger partial charge >= 0.3 is 0 Å². The lowest BCUT2D eigenvalue weighted by Gasteiger charge is -2.17. The smallest absolute Gasteiger partial charge is 0.249 e. The molecule has 1 aromatic heterocycles. The van der Waals surface area contributed by atoms with Gasteiger partial charge in [0.2, 0.25) is 11.8 Å². The van der Waals surface area contributed by atoms with Gasteiger partial charge in [0.05, 0.1) is 12.8 Å². The zero-order valence-electron chi connectivity index (χ0n) is 19.6. The summed E-state index contributed by atoms with van der Waals surface area (Å²) in [4.78, 5) is 25.2. The second-order valence-electron chi connectivity index (χ2n) is 8.27. The van der Waals surface area contributed by atoms with Crippen LogP contribution in [0.3, 0.4) is 0 Å². The molecule has 192 valence electrons. The Morgan fingerprint density at radius 3 is 2.68 bits per heavy atom. The van der Waals surface area contributed by atoms with Crippen molar-refractivity contribution in [3.8, 4) is 0 Å². The second kappa shape index (κ2) is 15.3. The molecule has 0 aliphatic carbocycles. The monoisotopic (exact) mass is 499 g/mol. The summed E-state index contributed by atoms with van der Waals surface area (Å²) in [6.45, 7) is 5.37. The number of aromatic nitrogens is 3. The van der Waals surface area contributed by atoms with Crippen LogP contribution in [0.15, 0.2) is 6.20 Å². The number of amides is 2. The Balaban J connectivity index is 1.90. The van der Waals surface area contributed by atoms with Crippen molar-refractivity contribution in [2.75, 3.05) is 23.4 Å². The molecule has 5 atom stereocenters. The highest BCUT2D eigenvalue weighted by Crippen LogP contribution is 2.29. The van der Waals surface area contributed by atoms with Crippen LogP contribution in [0, 0.1) is 13.3 Å². The van der Waals surface area contributed by atoms with Crippen LogP contribution in [-0.2, 0) is 14.3 Å². The molecule has 34 heavy (non-hydrogen) atoms. The molecule has 2 heterocycles. The number of unbranched alkanes of at least 4 members (excludes halogenated alkanes) is 5. The highest BCUT2D eigenvalue weighted by molar-refractivity contribution is 7.99. The van der Waals surface area contributed by atoms with Gasteiger partial charge in [-0.2, -0.15) is 11.8 Å². The van der Waals surface area contributed by atoms with E-state index in [0.29, 0.717) is 17.9 Å². The molecule has 1 aliphatic rings. The van der Waals surface area contributed by atoms with Crippen molar-refractivity contribution in [3.63, 3.8) is 0 Å². The molecule has 0 bridgehead atoms. The maximum absolute atomic E-state index is 12.8. The van der Waals surface area contributed by atoms with Gasteiger partial charge in [-0.25, -0.2) is 4.68 Å². The van der Waals surface area contributed by atoms with Crippen molar-refractivity contribution >= 4 is 29.4 Å². The molecule has 0 aromatic carbocycles. The van der Waals surface area contributed by atoms with E-state index < -0.39 is 43.1 Å². The summed E-state index contributed by atoms with van der Waals surface area (Å²) in [6, 6.07) is -0.767. The molecule has 1 aromatic rings. The van der Waals surface area contributed by atoms with Crippen LogP contribution in [0.4, 0.5) is 5.82 Å². The first-order chi connectivity index (χ1) is 16.4. The Morgan fingerprint density at radius 1 is 1.26 bits per heavy atom. The molecule has 2 amide bonds. The van der Waals surface area contributed by atoms with Crippen LogP contribution in [0.25, 0.3) is 0 Å². The third kappa shape index (κ3) is 8.81. The largest absolute Gasteiger partial charge is 0.394 e. The number of carbonyl (C=O) groups is 2. The van der Waals surface area contributed by atoms with Gasteiger partial charge < -0.3 is 30.7 Å². The summed E-state index contributed by atoms with van der Waals surface area (Å²) in [5.74, 6) is 0.486. The highest BCUT2D eigenvalue weighted by atomic mass is 32.2. The molecule has 0 spiro atoms. The number of nitrogens with one attached hydrogen (secondary N) is 2. The zero-order valence-corrected chi connectivity index (χ0v) is 20.5. The molecule has 2 radical (unpaired) electrons. The van der Waals surface area contributed by atoms with Gasteiger partial charge in [-0.05, 0) is 25.5 Å². The molecular formula is C22H37N5O6S. The Labute approximate surface area is 205 Å². The molecule has 0 saturated carbocycles. The fourth-order valence-electron chi connectivity index (χ4n) is 3.55. The van der Waals surface area contributed by atoms with E-state index in [1.807, 2.05) is 0 Å². The van der Waals surface area contributed by atoms with Crippen LogP contribution in [0.1, 0.15) is 58.1 Å². The van der Waals surface area contributed by atoms with E-state index in [1.54, 1.807) is 6.42 Å². The molecule has 1 aliphatic heterocycles. The predicted molar refractivity (Wildman–Crippen MR) is 129 cm³/mol. The van der Waals surface area contributed by atoms with E-state index in [-0.39, 0.29) is 11.7 Å². The van der Waals surface area contributed by atoms with Gasteiger partial charge in [-0.3, -0.25) is 9.59 Å². The van der Waals surface area contributed by atoms with E-state index in [4.69, 9.17) is 4.74 Å². The number of rotatable bonds is 16. The van der Waals surface area contributed by atoms with Crippen molar-refractivity contribution in [2.45, 2.75) is 82.5 Å². The third-order valence-electron chi connectivity index (χ3n) is 5.47. The molecule has 12 heteroatoms. The number of aliphatic hydroxyl groups excluding tert-OH is 3. The maximum Gasteiger partial charge on any atom is 0.249 e. The summed E-state index contributed by atoms with van der Waals surface area (Å²) in [5.41, 5.74) is 0. The zero-order chi connectivity index (χ0) is 24.9. The molecule has 1 fully saturated rings. The number of nitrogens with zero attached hydrogens (tertiary/aromatic N) is 3. The third-order valence-corrected chi connectivity index (χ3v) is 6.51. The minimum Gasteiger partial charge on any atom is -0.394 e. The SMILES string of the molecule is [CH2][CH]CSC[C@@H](NC(=O)CCCCCCCC)C(=O)Nc1cn([C@H]2OC(CO)[C@@H](O)[C@@H]2O)nn1. The number of carbonyl (C=O) groups excluding carboxylic acids is 2. The first-order valence-electron chi connectivity index (χ1n) is 11.7. The summed E-state index contributed by atoms with van der Waals surface area (Å²) in [6.07, 6.45) is 5.27. The summed E-state index contributed by atoms with van der Waals surface area (Å²) < 4.78 is 6.57. The fraction of sp³-hybridized carbons (Fsp3) is 0.727. The van der Waals surface area contributed by atoms with Gasteiger partial charge in [0.15, 0.2) is 12.0 Å². The van der Waals surface area contributed by atoms with Gasteiger partial charge in [-0.15, -0.1) is 5.10 Å². The fourth-order valence-corrected chi connectivity index (χ4v) is 4.33. The first-order valence-corrected chi connectivity index (χ1v) is 12.9. The topological polar surface area (TPSA) is 159 Å². The number of anilines is 1. The molecule has 2 rings (SSSR count). The van der Waals surface area contributed by atoms with Gasteiger partial charge in [0.1, 0.15) is 24.4 Å². The van der Waals surface area contributed by atoms with Crippen LogP contribution < -0.4 is 10.6 Å². The van der Waals surface area contributed by atoms with Crippen molar-refractivity contribution in [3.05, 3.63) is 19.5 Å². The standard InChI is InChI=1S/C22H37N5O6S/c1-3-5-6-7-8-9-10-18(29)23-15(14-34-11-4-2)21(32)24-17-12-27(26-25-17)22-20(31)19(30)16(13-28)33-22/h4,12,15-16,19-20,22,28,30-31H,2-3,5-11,13-14H2,1H3,(H,23,29)(H,24,32)/t15-,16?,19-,20+,22+/m1/s1. The number of hydrogen-bond donors (Lipinski definition) is 5. The lowest BCUT2D eigenvalue weighted by molar-refractivity contribution is -0.126. The lowest BCUT2D eigenvalue weighted by Crippen LogP contribution is -2.45. The van der Waals surface area contributed by atoms with Gasteiger partial charge in [0.25, 0.3) is 0 Å². The maximum atomic E-state index is 12.8. The van der Waals surface area contributed by atoms with E-state index >= 15 is 0 Å². The predicted octanol–water partition coefficient (Wildman–Crippen LogP) is 0.835. The lowest BCUT2D eigenvalue weighted by atomic mass is 10.1. The van der Waals surface area contributed by atoms with Crippen LogP contribution in [-0.4, -0.2) is 84.6 Å². The molecule has 5 N–H and O–H groups in total. The summed E-state index contributed by atoms with van der Waals surface area (Å²) >= 11 is 1.47. The molecular weight excluding hydrogens is 462 g/mol. The summed E-state index contributed by atoms with van der Waals surface area (Å²) in [5, 5.41) is 42.4. The molecule has 11 nitrogen and oxygen atoms in total. The normalized spacial score (nSPS) is 23.1. The van der Waals surface area contributed by atoms with E-state index in [1.165, 1.54) is 37.2 Å². The molecule has 1 unspecified atom stereocenters. The Hall–Kier alpha value is -1.73. The second-order valence-corrected chi connectivity index (χ2v) is 9.34. The van der Waals surface area contributed by atoms with Crippen molar-refractivity contribution in [1.82, 2.24) is 20.3 Å².